The smallest absolute Gasteiger partial charge is 0.227 e. The van der Waals surface area contributed by atoms with Crippen molar-refractivity contribution in [3.63, 3.8) is 0 Å². The summed E-state index contributed by atoms with van der Waals surface area (Å²) in [4.78, 5) is 13.4. The standard InChI is InChI=1S/C9H16ClNO3/c1-7(4-10)9(13)11-2-3-14-6-8(11)5-12/h7-8,12H,2-6H2,1H3. The molecular weight excluding hydrogens is 206 g/mol. The third-order valence-electron chi connectivity index (χ3n) is 2.37. The fraction of sp³-hybridized carbons (Fsp3) is 0.889. The van der Waals surface area contributed by atoms with E-state index in [1.54, 1.807) is 11.8 Å². The molecule has 1 aliphatic heterocycles. The van der Waals surface area contributed by atoms with Gasteiger partial charge in [0.1, 0.15) is 0 Å². The number of morpholine rings is 1. The SMILES string of the molecule is CC(CCl)C(=O)N1CCOCC1CO. The van der Waals surface area contributed by atoms with Gasteiger partial charge in [-0.15, -0.1) is 11.6 Å². The predicted molar refractivity (Wildman–Crippen MR) is 53.3 cm³/mol. The van der Waals surface area contributed by atoms with Gasteiger partial charge >= 0.3 is 0 Å². The number of ether oxygens (including phenoxy) is 1. The highest BCUT2D eigenvalue weighted by Gasteiger charge is 2.29. The van der Waals surface area contributed by atoms with Crippen LogP contribution in [0.2, 0.25) is 0 Å². The molecule has 0 aliphatic carbocycles. The van der Waals surface area contributed by atoms with E-state index in [9.17, 15) is 4.79 Å². The summed E-state index contributed by atoms with van der Waals surface area (Å²) in [5.74, 6) is 0.125. The monoisotopic (exact) mass is 221 g/mol. The molecule has 0 aromatic rings. The van der Waals surface area contributed by atoms with Crippen LogP contribution < -0.4 is 0 Å². The van der Waals surface area contributed by atoms with E-state index in [4.69, 9.17) is 21.4 Å². The number of alkyl halides is 1. The molecule has 2 unspecified atom stereocenters. The summed E-state index contributed by atoms with van der Waals surface area (Å²) in [6.45, 7) is 3.24. The van der Waals surface area contributed by atoms with Crippen LogP contribution in [0.15, 0.2) is 0 Å². The Balaban J connectivity index is 2.58. The summed E-state index contributed by atoms with van der Waals surface area (Å²) in [5.41, 5.74) is 0. The predicted octanol–water partition coefficient (Wildman–Crippen LogP) is 0.0810. The molecule has 1 heterocycles. The highest BCUT2D eigenvalue weighted by Crippen LogP contribution is 2.12. The van der Waals surface area contributed by atoms with Crippen molar-refractivity contribution >= 4 is 17.5 Å². The lowest BCUT2D eigenvalue weighted by molar-refractivity contribution is -0.144. The van der Waals surface area contributed by atoms with Gasteiger partial charge in [-0.2, -0.15) is 0 Å². The van der Waals surface area contributed by atoms with Crippen LogP contribution in [0.1, 0.15) is 6.92 Å². The minimum absolute atomic E-state index is 0.00218. The van der Waals surface area contributed by atoms with Gasteiger partial charge < -0.3 is 14.7 Å². The average molecular weight is 222 g/mol. The molecule has 1 fully saturated rings. The lowest BCUT2D eigenvalue weighted by Crippen LogP contribution is -2.52. The zero-order valence-corrected chi connectivity index (χ0v) is 9.04. The Labute approximate surface area is 88.8 Å². The minimum atomic E-state index is -0.207. The van der Waals surface area contributed by atoms with Crippen molar-refractivity contribution in [1.82, 2.24) is 4.90 Å². The molecule has 1 N–H and O–H groups in total. The van der Waals surface area contributed by atoms with E-state index < -0.39 is 0 Å². The number of amides is 1. The van der Waals surface area contributed by atoms with E-state index >= 15 is 0 Å². The average Bonchev–Trinajstić information content (AvgIpc) is 2.26. The number of halogens is 1. The van der Waals surface area contributed by atoms with Crippen LogP contribution in [0.5, 0.6) is 0 Å². The Bertz CT molecular complexity index is 200. The Hall–Kier alpha value is -0.320. The van der Waals surface area contributed by atoms with Crippen LogP contribution in [0.4, 0.5) is 0 Å². The van der Waals surface area contributed by atoms with Gasteiger partial charge in [0.2, 0.25) is 5.91 Å². The molecule has 0 spiro atoms. The summed E-state index contributed by atoms with van der Waals surface area (Å²) in [6.07, 6.45) is 0. The molecule has 1 amide bonds. The molecule has 0 saturated carbocycles. The van der Waals surface area contributed by atoms with Crippen LogP contribution in [-0.2, 0) is 9.53 Å². The largest absolute Gasteiger partial charge is 0.394 e. The van der Waals surface area contributed by atoms with Crippen molar-refractivity contribution in [1.29, 1.82) is 0 Å². The first-order valence-corrected chi connectivity index (χ1v) is 5.29. The van der Waals surface area contributed by atoms with Gasteiger partial charge in [-0.05, 0) is 0 Å². The van der Waals surface area contributed by atoms with Crippen LogP contribution in [0.3, 0.4) is 0 Å². The summed E-state index contributed by atoms with van der Waals surface area (Å²) >= 11 is 5.62. The maximum atomic E-state index is 11.8. The van der Waals surface area contributed by atoms with Crippen molar-refractivity contribution in [3.8, 4) is 0 Å². The second kappa shape index (κ2) is 5.53. The summed E-state index contributed by atoms with van der Waals surface area (Å²) in [7, 11) is 0. The molecule has 14 heavy (non-hydrogen) atoms. The third kappa shape index (κ3) is 2.59. The van der Waals surface area contributed by atoms with Crippen molar-refractivity contribution < 1.29 is 14.6 Å². The molecule has 0 aromatic heterocycles. The summed E-state index contributed by atoms with van der Waals surface area (Å²) in [6, 6.07) is -0.207. The highest BCUT2D eigenvalue weighted by atomic mass is 35.5. The number of hydrogen-bond donors (Lipinski definition) is 1. The maximum Gasteiger partial charge on any atom is 0.227 e. The van der Waals surface area contributed by atoms with Gasteiger partial charge in [0.15, 0.2) is 0 Å². The van der Waals surface area contributed by atoms with Crippen LogP contribution in [-0.4, -0.2) is 54.2 Å². The molecule has 0 bridgehead atoms. The summed E-state index contributed by atoms with van der Waals surface area (Å²) in [5, 5.41) is 9.06. The third-order valence-corrected chi connectivity index (χ3v) is 2.84. The number of aliphatic hydroxyl groups excluding tert-OH is 1. The first-order valence-electron chi connectivity index (χ1n) is 4.75. The van der Waals surface area contributed by atoms with Crippen LogP contribution in [0, 0.1) is 5.92 Å². The number of carbonyl (C=O) groups is 1. The van der Waals surface area contributed by atoms with Crippen molar-refractivity contribution in [2.24, 2.45) is 5.92 Å². The first-order chi connectivity index (χ1) is 6.70. The molecule has 1 rings (SSSR count). The molecule has 1 aliphatic rings. The van der Waals surface area contributed by atoms with Gasteiger partial charge in [-0.25, -0.2) is 0 Å². The van der Waals surface area contributed by atoms with Crippen molar-refractivity contribution in [2.75, 3.05) is 32.2 Å². The molecule has 0 aromatic carbocycles. The molecule has 0 radical (unpaired) electrons. The fourth-order valence-electron chi connectivity index (χ4n) is 1.45. The number of hydrogen-bond acceptors (Lipinski definition) is 3. The first kappa shape index (κ1) is 11.8. The maximum absolute atomic E-state index is 11.8. The van der Waals surface area contributed by atoms with E-state index in [0.717, 1.165) is 0 Å². The second-order valence-corrected chi connectivity index (χ2v) is 3.81. The quantitative estimate of drug-likeness (QED) is 0.687. The van der Waals surface area contributed by atoms with E-state index in [1.165, 1.54) is 0 Å². The topological polar surface area (TPSA) is 49.8 Å². The lowest BCUT2D eigenvalue weighted by atomic mass is 10.1. The number of carbonyl (C=O) groups excluding carboxylic acids is 1. The second-order valence-electron chi connectivity index (χ2n) is 3.50. The van der Waals surface area contributed by atoms with Gasteiger partial charge in [0.05, 0.1) is 25.9 Å². The molecule has 5 heteroatoms. The summed E-state index contributed by atoms with van der Waals surface area (Å²) < 4.78 is 5.18. The molecule has 4 nitrogen and oxygen atoms in total. The zero-order valence-electron chi connectivity index (χ0n) is 8.28. The zero-order chi connectivity index (χ0) is 10.6. The molecule has 1 saturated heterocycles. The number of nitrogens with zero attached hydrogens (tertiary/aromatic N) is 1. The van der Waals surface area contributed by atoms with E-state index in [-0.39, 0.29) is 24.5 Å². The normalized spacial score (nSPS) is 24.8. The Kier molecular flexibility index (Phi) is 4.65. The number of rotatable bonds is 3. The Morgan fingerprint density at radius 3 is 3.07 bits per heavy atom. The fourth-order valence-corrected chi connectivity index (χ4v) is 1.58. The van der Waals surface area contributed by atoms with Crippen molar-refractivity contribution in [2.45, 2.75) is 13.0 Å². The van der Waals surface area contributed by atoms with E-state index in [0.29, 0.717) is 25.6 Å². The Morgan fingerprint density at radius 2 is 2.50 bits per heavy atom. The van der Waals surface area contributed by atoms with Gasteiger partial charge in [-0.3, -0.25) is 4.79 Å². The van der Waals surface area contributed by atoms with Crippen LogP contribution >= 0.6 is 11.6 Å². The Morgan fingerprint density at radius 1 is 1.79 bits per heavy atom. The van der Waals surface area contributed by atoms with Gasteiger partial charge in [0, 0.05) is 18.3 Å². The molecule has 2 atom stereocenters. The van der Waals surface area contributed by atoms with Crippen LogP contribution in [0.25, 0.3) is 0 Å². The van der Waals surface area contributed by atoms with Gasteiger partial charge in [0.25, 0.3) is 0 Å². The molecular formula is C9H16ClNO3. The number of aliphatic hydroxyl groups is 1. The lowest BCUT2D eigenvalue weighted by Gasteiger charge is -2.35. The molecule has 82 valence electrons. The highest BCUT2D eigenvalue weighted by molar-refractivity contribution is 6.19. The van der Waals surface area contributed by atoms with Crippen molar-refractivity contribution in [3.05, 3.63) is 0 Å². The minimum Gasteiger partial charge on any atom is -0.394 e. The van der Waals surface area contributed by atoms with E-state index in [1.807, 2.05) is 0 Å². The van der Waals surface area contributed by atoms with Gasteiger partial charge in [-0.1, -0.05) is 6.92 Å². The van der Waals surface area contributed by atoms with E-state index in [2.05, 4.69) is 0 Å².